The lowest BCUT2D eigenvalue weighted by molar-refractivity contribution is 0.177. The first kappa shape index (κ1) is 12.5. The maximum atomic E-state index is 9.48. The minimum absolute atomic E-state index is 0.0876. The van der Waals surface area contributed by atoms with E-state index >= 15 is 0 Å². The predicted octanol–water partition coefficient (Wildman–Crippen LogP) is 1.60. The van der Waals surface area contributed by atoms with Crippen molar-refractivity contribution < 1.29 is 5.11 Å². The molecule has 0 radical (unpaired) electrons. The van der Waals surface area contributed by atoms with Gasteiger partial charge in [0.05, 0.1) is 17.5 Å². The number of aliphatic hydroxyl groups excluding tert-OH is 1. The average molecular weight is 235 g/mol. The highest BCUT2D eigenvalue weighted by Crippen LogP contribution is 2.25. The second kappa shape index (κ2) is 5.56. The highest BCUT2D eigenvalue weighted by molar-refractivity contribution is 5.12. The topological polar surface area (TPSA) is 58.0 Å². The van der Waals surface area contributed by atoms with Gasteiger partial charge >= 0.3 is 0 Å². The molecule has 3 unspecified atom stereocenters. The van der Waals surface area contributed by atoms with E-state index in [-0.39, 0.29) is 12.1 Å². The van der Waals surface area contributed by atoms with Crippen LogP contribution in [0.15, 0.2) is 12.4 Å². The van der Waals surface area contributed by atoms with Gasteiger partial charge < -0.3 is 10.4 Å². The van der Waals surface area contributed by atoms with E-state index < -0.39 is 0 Å². The molecule has 1 aliphatic rings. The van der Waals surface area contributed by atoms with Crippen LogP contribution in [0.2, 0.25) is 0 Å². The Hall–Kier alpha value is -1.00. The molecule has 94 valence electrons. The number of rotatable bonds is 4. The zero-order chi connectivity index (χ0) is 12.3. The summed E-state index contributed by atoms with van der Waals surface area (Å²) in [6.07, 6.45) is 6.37. The number of nitrogens with zero attached hydrogens (tertiary/aromatic N) is 2. The molecule has 0 aliphatic heterocycles. The SMILES string of the molecule is Cc1nccnc1C(C)NCC1CCC(O)C1. The van der Waals surface area contributed by atoms with Crippen molar-refractivity contribution in [2.24, 2.45) is 5.92 Å². The Morgan fingerprint density at radius 1 is 1.41 bits per heavy atom. The van der Waals surface area contributed by atoms with Gasteiger partial charge in [-0.05, 0) is 45.6 Å². The van der Waals surface area contributed by atoms with Crippen molar-refractivity contribution in [2.45, 2.75) is 45.3 Å². The summed E-state index contributed by atoms with van der Waals surface area (Å²) in [5.74, 6) is 0.601. The Kier molecular flexibility index (Phi) is 4.07. The molecule has 1 aromatic rings. The lowest BCUT2D eigenvalue weighted by atomic mass is 10.1. The number of aryl methyl sites for hydroxylation is 1. The monoisotopic (exact) mass is 235 g/mol. The fraction of sp³-hybridized carbons (Fsp3) is 0.692. The van der Waals surface area contributed by atoms with Crippen LogP contribution in [0.25, 0.3) is 0 Å². The van der Waals surface area contributed by atoms with Crippen LogP contribution in [0.1, 0.15) is 43.6 Å². The molecule has 4 heteroatoms. The minimum Gasteiger partial charge on any atom is -0.393 e. The quantitative estimate of drug-likeness (QED) is 0.832. The lowest BCUT2D eigenvalue weighted by Gasteiger charge is -2.17. The molecule has 0 saturated heterocycles. The molecule has 2 N–H and O–H groups in total. The van der Waals surface area contributed by atoms with Crippen molar-refractivity contribution in [1.29, 1.82) is 0 Å². The van der Waals surface area contributed by atoms with Crippen LogP contribution in [-0.2, 0) is 0 Å². The Morgan fingerprint density at radius 2 is 2.18 bits per heavy atom. The van der Waals surface area contributed by atoms with E-state index in [4.69, 9.17) is 0 Å². The molecule has 1 aromatic heterocycles. The zero-order valence-corrected chi connectivity index (χ0v) is 10.6. The zero-order valence-electron chi connectivity index (χ0n) is 10.6. The Bertz CT molecular complexity index is 369. The van der Waals surface area contributed by atoms with Crippen LogP contribution in [0.5, 0.6) is 0 Å². The third-order valence-electron chi connectivity index (χ3n) is 3.56. The second-order valence-electron chi connectivity index (χ2n) is 4.99. The molecule has 1 fully saturated rings. The molecule has 3 atom stereocenters. The van der Waals surface area contributed by atoms with Gasteiger partial charge in [0.15, 0.2) is 0 Å². The maximum absolute atomic E-state index is 9.48. The molecular weight excluding hydrogens is 214 g/mol. The molecule has 0 bridgehead atoms. The van der Waals surface area contributed by atoms with Gasteiger partial charge in [-0.3, -0.25) is 9.97 Å². The number of hydrogen-bond acceptors (Lipinski definition) is 4. The first-order valence-corrected chi connectivity index (χ1v) is 6.35. The summed E-state index contributed by atoms with van der Waals surface area (Å²) in [7, 11) is 0. The van der Waals surface area contributed by atoms with Crippen molar-refractivity contribution in [3.8, 4) is 0 Å². The standard InChI is InChI=1S/C13H21N3O/c1-9-13(15-6-5-14-9)10(2)16-8-11-3-4-12(17)7-11/h5-6,10-12,16-17H,3-4,7-8H2,1-2H3. The van der Waals surface area contributed by atoms with Crippen molar-refractivity contribution >= 4 is 0 Å². The van der Waals surface area contributed by atoms with Crippen LogP contribution in [0.4, 0.5) is 0 Å². The smallest absolute Gasteiger partial charge is 0.0782 e. The molecule has 1 heterocycles. The third-order valence-corrected chi connectivity index (χ3v) is 3.56. The van der Waals surface area contributed by atoms with Gasteiger partial charge in [-0.15, -0.1) is 0 Å². The van der Waals surface area contributed by atoms with Gasteiger partial charge in [-0.25, -0.2) is 0 Å². The second-order valence-corrected chi connectivity index (χ2v) is 4.99. The Balaban J connectivity index is 1.85. The molecule has 1 saturated carbocycles. The normalized spacial score (nSPS) is 26.1. The van der Waals surface area contributed by atoms with Gasteiger partial charge in [-0.2, -0.15) is 0 Å². The van der Waals surface area contributed by atoms with Crippen LogP contribution >= 0.6 is 0 Å². The van der Waals surface area contributed by atoms with Crippen LogP contribution in [-0.4, -0.2) is 27.7 Å². The van der Waals surface area contributed by atoms with Crippen LogP contribution in [0.3, 0.4) is 0 Å². The molecule has 0 spiro atoms. The molecule has 1 aliphatic carbocycles. The van der Waals surface area contributed by atoms with Gasteiger partial charge in [0, 0.05) is 18.4 Å². The molecule has 0 amide bonds. The molecule has 4 nitrogen and oxygen atoms in total. The van der Waals surface area contributed by atoms with Crippen molar-refractivity contribution in [1.82, 2.24) is 15.3 Å². The number of aromatic nitrogens is 2. The summed E-state index contributed by atoms with van der Waals surface area (Å²) in [4.78, 5) is 8.61. The Labute approximate surface area is 102 Å². The summed E-state index contributed by atoms with van der Waals surface area (Å²) in [5, 5.41) is 13.0. The molecular formula is C13H21N3O. The van der Waals surface area contributed by atoms with Crippen LogP contribution < -0.4 is 5.32 Å². The summed E-state index contributed by atoms with van der Waals surface area (Å²) in [5.41, 5.74) is 2.00. The van der Waals surface area contributed by atoms with E-state index in [1.165, 1.54) is 0 Å². The number of nitrogens with one attached hydrogen (secondary N) is 1. The largest absolute Gasteiger partial charge is 0.393 e. The summed E-state index contributed by atoms with van der Waals surface area (Å²) in [6, 6.07) is 0.224. The number of hydrogen-bond donors (Lipinski definition) is 2. The van der Waals surface area contributed by atoms with E-state index in [1.54, 1.807) is 12.4 Å². The van der Waals surface area contributed by atoms with Gasteiger partial charge in [0.25, 0.3) is 0 Å². The third kappa shape index (κ3) is 3.23. The highest BCUT2D eigenvalue weighted by atomic mass is 16.3. The van der Waals surface area contributed by atoms with E-state index in [9.17, 15) is 5.11 Å². The fourth-order valence-electron chi connectivity index (χ4n) is 2.52. The predicted molar refractivity (Wildman–Crippen MR) is 66.5 cm³/mol. The molecule has 2 rings (SSSR count). The van der Waals surface area contributed by atoms with Gasteiger partial charge in [0.1, 0.15) is 0 Å². The van der Waals surface area contributed by atoms with E-state index in [0.717, 1.165) is 37.2 Å². The van der Waals surface area contributed by atoms with E-state index in [2.05, 4.69) is 22.2 Å². The van der Waals surface area contributed by atoms with E-state index in [1.807, 2.05) is 6.92 Å². The average Bonchev–Trinajstić information content (AvgIpc) is 2.73. The lowest BCUT2D eigenvalue weighted by Crippen LogP contribution is -2.26. The number of aliphatic hydroxyl groups is 1. The maximum Gasteiger partial charge on any atom is 0.0782 e. The highest BCUT2D eigenvalue weighted by Gasteiger charge is 2.23. The fourth-order valence-corrected chi connectivity index (χ4v) is 2.52. The summed E-state index contributed by atoms with van der Waals surface area (Å²) >= 11 is 0. The van der Waals surface area contributed by atoms with Crippen molar-refractivity contribution in [2.75, 3.05) is 6.54 Å². The minimum atomic E-state index is -0.0876. The first-order valence-electron chi connectivity index (χ1n) is 6.35. The summed E-state index contributed by atoms with van der Waals surface area (Å²) in [6.45, 7) is 5.05. The molecule has 0 aromatic carbocycles. The molecule has 17 heavy (non-hydrogen) atoms. The summed E-state index contributed by atoms with van der Waals surface area (Å²) < 4.78 is 0. The van der Waals surface area contributed by atoms with Gasteiger partial charge in [0.2, 0.25) is 0 Å². The van der Waals surface area contributed by atoms with E-state index in [0.29, 0.717) is 5.92 Å². The Morgan fingerprint density at radius 3 is 2.82 bits per heavy atom. The van der Waals surface area contributed by atoms with Crippen molar-refractivity contribution in [3.05, 3.63) is 23.8 Å². The van der Waals surface area contributed by atoms with Crippen LogP contribution in [0, 0.1) is 12.8 Å². The van der Waals surface area contributed by atoms with Crippen molar-refractivity contribution in [3.63, 3.8) is 0 Å². The first-order chi connectivity index (χ1) is 8.16. The van der Waals surface area contributed by atoms with Gasteiger partial charge in [-0.1, -0.05) is 0 Å².